The molecule has 3 nitrogen and oxygen atoms in total. The summed E-state index contributed by atoms with van der Waals surface area (Å²) in [5.41, 5.74) is 0. The summed E-state index contributed by atoms with van der Waals surface area (Å²) in [5.74, 6) is 0.343. The van der Waals surface area contributed by atoms with Crippen molar-refractivity contribution < 1.29 is 10.0 Å². The van der Waals surface area contributed by atoms with Crippen molar-refractivity contribution in [2.24, 2.45) is 5.92 Å². The molecule has 1 N–H and O–H groups in total. The first-order valence-corrected chi connectivity index (χ1v) is 3.56. The lowest BCUT2D eigenvalue weighted by Gasteiger charge is -2.23. The van der Waals surface area contributed by atoms with Crippen LogP contribution < -0.4 is 0 Å². The summed E-state index contributed by atoms with van der Waals surface area (Å²) in [5, 5.41) is 9.61. The van der Waals surface area contributed by atoms with Crippen LogP contribution in [-0.2, 0) is 4.79 Å². The summed E-state index contributed by atoms with van der Waals surface area (Å²) in [6.45, 7) is 5.85. The summed E-state index contributed by atoms with van der Waals surface area (Å²) in [7, 11) is 0. The molecule has 1 amide bonds. The van der Waals surface area contributed by atoms with E-state index in [0.717, 1.165) is 6.42 Å². The van der Waals surface area contributed by atoms with Crippen molar-refractivity contribution in [2.45, 2.75) is 33.2 Å². The van der Waals surface area contributed by atoms with Crippen molar-refractivity contribution >= 4 is 6.41 Å². The largest absolute Gasteiger partial charge is 0.286 e. The highest BCUT2D eigenvalue weighted by Gasteiger charge is 2.14. The van der Waals surface area contributed by atoms with Crippen LogP contribution in [0.15, 0.2) is 0 Å². The van der Waals surface area contributed by atoms with Crippen LogP contribution in [0, 0.1) is 5.92 Å². The standard InChI is InChI=1S/C7H15NO2/c1-4-6(2)7(3)8(10)5-9/h5-7,10H,4H2,1-3H3. The summed E-state index contributed by atoms with van der Waals surface area (Å²) in [6, 6.07) is -0.0810. The molecule has 0 saturated carbocycles. The van der Waals surface area contributed by atoms with Gasteiger partial charge in [-0.3, -0.25) is 10.0 Å². The van der Waals surface area contributed by atoms with E-state index in [1.807, 2.05) is 20.8 Å². The Balaban J connectivity index is 3.80. The average molecular weight is 145 g/mol. The lowest BCUT2D eigenvalue weighted by Crippen LogP contribution is -2.33. The maximum Gasteiger partial charge on any atom is 0.233 e. The van der Waals surface area contributed by atoms with Gasteiger partial charge in [0.1, 0.15) is 0 Å². The molecule has 0 heterocycles. The van der Waals surface area contributed by atoms with E-state index in [-0.39, 0.29) is 6.04 Å². The highest BCUT2D eigenvalue weighted by Crippen LogP contribution is 2.10. The van der Waals surface area contributed by atoms with Gasteiger partial charge >= 0.3 is 0 Å². The maximum absolute atomic E-state index is 10.0. The fourth-order valence-corrected chi connectivity index (χ4v) is 0.698. The predicted molar refractivity (Wildman–Crippen MR) is 38.6 cm³/mol. The summed E-state index contributed by atoms with van der Waals surface area (Å²) < 4.78 is 0. The van der Waals surface area contributed by atoms with Crippen LogP contribution >= 0.6 is 0 Å². The second kappa shape index (κ2) is 4.28. The van der Waals surface area contributed by atoms with Crippen LogP contribution in [0.25, 0.3) is 0 Å². The van der Waals surface area contributed by atoms with Crippen molar-refractivity contribution in [1.82, 2.24) is 5.06 Å². The third kappa shape index (κ3) is 2.35. The molecule has 0 aliphatic rings. The highest BCUT2D eigenvalue weighted by atomic mass is 16.5. The monoisotopic (exact) mass is 145 g/mol. The Kier molecular flexibility index (Phi) is 4.03. The Bertz CT molecular complexity index is 106. The number of carbonyl (C=O) groups excluding carboxylic acids is 1. The molecule has 0 aromatic heterocycles. The lowest BCUT2D eigenvalue weighted by atomic mass is 10.0. The fraction of sp³-hybridized carbons (Fsp3) is 0.857. The molecule has 10 heavy (non-hydrogen) atoms. The Morgan fingerprint density at radius 1 is 1.60 bits per heavy atom. The molecule has 0 aliphatic heterocycles. The van der Waals surface area contributed by atoms with E-state index < -0.39 is 0 Å². The van der Waals surface area contributed by atoms with E-state index in [4.69, 9.17) is 5.21 Å². The van der Waals surface area contributed by atoms with Crippen LogP contribution in [0.3, 0.4) is 0 Å². The number of carbonyl (C=O) groups is 1. The van der Waals surface area contributed by atoms with Crippen molar-refractivity contribution in [1.29, 1.82) is 0 Å². The third-order valence-electron chi connectivity index (χ3n) is 1.99. The number of hydroxylamine groups is 2. The zero-order chi connectivity index (χ0) is 8.15. The molecular weight excluding hydrogens is 130 g/mol. The van der Waals surface area contributed by atoms with E-state index in [9.17, 15) is 4.79 Å². The number of hydrogen-bond donors (Lipinski definition) is 1. The van der Waals surface area contributed by atoms with Gasteiger partial charge in [-0.15, -0.1) is 0 Å². The molecule has 2 atom stereocenters. The minimum absolute atomic E-state index is 0.0810. The number of nitrogens with zero attached hydrogens (tertiary/aromatic N) is 1. The Hall–Kier alpha value is -0.570. The van der Waals surface area contributed by atoms with Gasteiger partial charge in [0.2, 0.25) is 6.41 Å². The van der Waals surface area contributed by atoms with E-state index >= 15 is 0 Å². The van der Waals surface area contributed by atoms with Crippen LogP contribution in [-0.4, -0.2) is 22.7 Å². The molecule has 0 saturated heterocycles. The summed E-state index contributed by atoms with van der Waals surface area (Å²) in [4.78, 5) is 10.0. The van der Waals surface area contributed by atoms with Crippen LogP contribution in [0.4, 0.5) is 0 Å². The third-order valence-corrected chi connectivity index (χ3v) is 1.99. The summed E-state index contributed by atoms with van der Waals surface area (Å²) in [6.07, 6.45) is 1.41. The first kappa shape index (κ1) is 9.43. The molecule has 0 aliphatic carbocycles. The van der Waals surface area contributed by atoms with Crippen molar-refractivity contribution in [2.75, 3.05) is 0 Å². The molecule has 60 valence electrons. The number of rotatable bonds is 4. The van der Waals surface area contributed by atoms with E-state index in [1.165, 1.54) is 0 Å². The number of amides is 1. The Morgan fingerprint density at radius 3 is 2.40 bits per heavy atom. The molecular formula is C7H15NO2. The molecule has 0 aromatic rings. The van der Waals surface area contributed by atoms with Crippen molar-refractivity contribution in [3.8, 4) is 0 Å². The van der Waals surface area contributed by atoms with Gasteiger partial charge in [0.25, 0.3) is 0 Å². The van der Waals surface area contributed by atoms with E-state index in [2.05, 4.69) is 0 Å². The highest BCUT2D eigenvalue weighted by molar-refractivity contribution is 5.45. The van der Waals surface area contributed by atoms with Gasteiger partial charge in [-0.2, -0.15) is 0 Å². The van der Waals surface area contributed by atoms with Crippen LogP contribution in [0.1, 0.15) is 27.2 Å². The minimum atomic E-state index is -0.0810. The lowest BCUT2D eigenvalue weighted by molar-refractivity contribution is -0.162. The molecule has 0 aromatic carbocycles. The van der Waals surface area contributed by atoms with Gasteiger partial charge in [0.15, 0.2) is 0 Å². The maximum atomic E-state index is 10.0. The average Bonchev–Trinajstić information content (AvgIpc) is 2.00. The normalized spacial score (nSPS) is 16.0. The molecule has 0 spiro atoms. The molecule has 0 radical (unpaired) electrons. The summed E-state index contributed by atoms with van der Waals surface area (Å²) >= 11 is 0. The first-order chi connectivity index (χ1) is 4.63. The van der Waals surface area contributed by atoms with Gasteiger partial charge in [-0.05, 0) is 12.8 Å². The molecule has 2 unspecified atom stereocenters. The van der Waals surface area contributed by atoms with Gasteiger partial charge < -0.3 is 0 Å². The smallest absolute Gasteiger partial charge is 0.233 e. The van der Waals surface area contributed by atoms with Gasteiger partial charge in [0.05, 0.1) is 6.04 Å². The first-order valence-electron chi connectivity index (χ1n) is 3.56. The minimum Gasteiger partial charge on any atom is -0.286 e. The second-order valence-electron chi connectivity index (χ2n) is 2.61. The Morgan fingerprint density at radius 2 is 2.10 bits per heavy atom. The molecule has 0 rings (SSSR count). The van der Waals surface area contributed by atoms with E-state index in [1.54, 1.807) is 0 Å². The van der Waals surface area contributed by atoms with Crippen LogP contribution in [0.2, 0.25) is 0 Å². The SMILES string of the molecule is CCC(C)C(C)N(O)C=O. The molecule has 0 fully saturated rings. The predicted octanol–water partition coefficient (Wildman–Crippen LogP) is 1.27. The fourth-order valence-electron chi connectivity index (χ4n) is 0.698. The molecule has 0 bridgehead atoms. The van der Waals surface area contributed by atoms with Gasteiger partial charge in [0, 0.05) is 0 Å². The van der Waals surface area contributed by atoms with Crippen molar-refractivity contribution in [3.63, 3.8) is 0 Å². The van der Waals surface area contributed by atoms with E-state index in [0.29, 0.717) is 17.4 Å². The quantitative estimate of drug-likeness (QED) is 0.367. The zero-order valence-electron chi connectivity index (χ0n) is 6.74. The zero-order valence-corrected chi connectivity index (χ0v) is 6.74. The van der Waals surface area contributed by atoms with Crippen molar-refractivity contribution in [3.05, 3.63) is 0 Å². The molecule has 3 heteroatoms. The Labute approximate surface area is 61.6 Å². The number of hydrogen-bond acceptors (Lipinski definition) is 2. The van der Waals surface area contributed by atoms with Crippen LogP contribution in [0.5, 0.6) is 0 Å². The van der Waals surface area contributed by atoms with Gasteiger partial charge in [-0.25, -0.2) is 5.06 Å². The topological polar surface area (TPSA) is 40.5 Å². The second-order valence-corrected chi connectivity index (χ2v) is 2.61. The van der Waals surface area contributed by atoms with Gasteiger partial charge in [-0.1, -0.05) is 20.3 Å².